The maximum Gasteiger partial charge on any atom is 0.250 e. The van der Waals surface area contributed by atoms with Gasteiger partial charge in [-0.3, -0.25) is 4.79 Å². The number of hydrogen-bond acceptors (Lipinski definition) is 2. The molecule has 0 amide bonds. The van der Waals surface area contributed by atoms with Crippen LogP contribution in [0.25, 0.3) is 0 Å². The lowest BCUT2D eigenvalue weighted by Gasteiger charge is -2.29. The predicted octanol–water partition coefficient (Wildman–Crippen LogP) is 4.28. The summed E-state index contributed by atoms with van der Waals surface area (Å²) in [7, 11) is 0. The van der Waals surface area contributed by atoms with Crippen LogP contribution in [0.4, 0.5) is 5.69 Å². The van der Waals surface area contributed by atoms with Crippen molar-refractivity contribution in [3.8, 4) is 0 Å². The van der Waals surface area contributed by atoms with Gasteiger partial charge >= 0.3 is 0 Å². The van der Waals surface area contributed by atoms with E-state index in [2.05, 4.69) is 26.1 Å². The Hall–Kier alpha value is -1.25. The van der Waals surface area contributed by atoms with Gasteiger partial charge in [0.2, 0.25) is 0 Å². The molecule has 3 heteroatoms. The second-order valence-electron chi connectivity index (χ2n) is 7.45. The van der Waals surface area contributed by atoms with Crippen LogP contribution in [-0.2, 0) is 6.54 Å². The van der Waals surface area contributed by atoms with E-state index in [1.807, 2.05) is 19.2 Å². The Kier molecular flexibility index (Phi) is 5.13. The Labute approximate surface area is 128 Å². The summed E-state index contributed by atoms with van der Waals surface area (Å²) in [6.45, 7) is 9.82. The van der Waals surface area contributed by atoms with Crippen molar-refractivity contribution in [1.29, 1.82) is 0 Å². The second kappa shape index (κ2) is 6.67. The average Bonchev–Trinajstić information content (AvgIpc) is 2.66. The van der Waals surface area contributed by atoms with Crippen LogP contribution in [0.1, 0.15) is 59.8 Å². The van der Waals surface area contributed by atoms with Gasteiger partial charge in [-0.1, -0.05) is 27.2 Å². The molecule has 2 unspecified atom stereocenters. The summed E-state index contributed by atoms with van der Waals surface area (Å²) in [5.41, 5.74) is 1.58. The SMILES string of the molecule is CCn1cc(NC2CCCC(C(C)(C)C)CC2)ccc1=O. The standard InChI is InChI=1S/C18H30N2O/c1-5-20-13-16(11-12-17(20)21)19-15-8-6-7-14(9-10-15)18(2,3)4/h11-15,19H,5-10H2,1-4H3. The molecule has 0 spiro atoms. The first-order valence-electron chi connectivity index (χ1n) is 8.37. The van der Waals surface area contributed by atoms with E-state index < -0.39 is 0 Å². The van der Waals surface area contributed by atoms with Crippen LogP contribution >= 0.6 is 0 Å². The number of anilines is 1. The van der Waals surface area contributed by atoms with Crippen molar-refractivity contribution >= 4 is 5.69 Å². The summed E-state index contributed by atoms with van der Waals surface area (Å²) in [6.07, 6.45) is 8.36. The first kappa shape index (κ1) is 16.1. The molecule has 1 saturated carbocycles. The van der Waals surface area contributed by atoms with E-state index in [0.29, 0.717) is 11.5 Å². The molecule has 2 atom stereocenters. The summed E-state index contributed by atoms with van der Waals surface area (Å²) in [6, 6.07) is 4.13. The van der Waals surface area contributed by atoms with Gasteiger partial charge in [0.05, 0.1) is 5.69 Å². The first-order chi connectivity index (χ1) is 9.90. The number of pyridine rings is 1. The lowest BCUT2D eigenvalue weighted by Crippen LogP contribution is -2.23. The molecule has 118 valence electrons. The van der Waals surface area contributed by atoms with Crippen molar-refractivity contribution < 1.29 is 0 Å². The highest BCUT2D eigenvalue weighted by Gasteiger charge is 2.27. The van der Waals surface area contributed by atoms with Gasteiger partial charge in [-0.05, 0) is 50.0 Å². The quantitative estimate of drug-likeness (QED) is 0.843. The number of nitrogens with zero attached hydrogens (tertiary/aromatic N) is 1. The van der Waals surface area contributed by atoms with Crippen LogP contribution in [0.5, 0.6) is 0 Å². The first-order valence-corrected chi connectivity index (χ1v) is 8.37. The van der Waals surface area contributed by atoms with Crippen molar-refractivity contribution in [2.45, 2.75) is 72.4 Å². The van der Waals surface area contributed by atoms with Crippen molar-refractivity contribution in [3.63, 3.8) is 0 Å². The molecule has 1 fully saturated rings. The van der Waals surface area contributed by atoms with Crippen LogP contribution in [0.15, 0.2) is 23.1 Å². The summed E-state index contributed by atoms with van der Waals surface area (Å²) in [5, 5.41) is 3.64. The molecule has 3 nitrogen and oxygen atoms in total. The van der Waals surface area contributed by atoms with E-state index in [9.17, 15) is 4.79 Å². The molecule has 0 radical (unpaired) electrons. The van der Waals surface area contributed by atoms with E-state index in [0.717, 1.165) is 18.2 Å². The van der Waals surface area contributed by atoms with E-state index in [1.54, 1.807) is 10.6 Å². The lowest BCUT2D eigenvalue weighted by molar-refractivity contribution is 0.214. The van der Waals surface area contributed by atoms with Crippen molar-refractivity contribution in [2.24, 2.45) is 11.3 Å². The highest BCUT2D eigenvalue weighted by Crippen LogP contribution is 2.37. The minimum Gasteiger partial charge on any atom is -0.381 e. The van der Waals surface area contributed by atoms with Crippen LogP contribution in [-0.4, -0.2) is 10.6 Å². The molecule has 1 aromatic rings. The van der Waals surface area contributed by atoms with E-state index >= 15 is 0 Å². The Morgan fingerprint density at radius 2 is 1.95 bits per heavy atom. The Balaban J connectivity index is 1.99. The van der Waals surface area contributed by atoms with Crippen LogP contribution < -0.4 is 10.9 Å². The topological polar surface area (TPSA) is 34.0 Å². The van der Waals surface area contributed by atoms with Crippen LogP contribution in [0, 0.1) is 11.3 Å². The largest absolute Gasteiger partial charge is 0.381 e. The highest BCUT2D eigenvalue weighted by molar-refractivity contribution is 5.41. The molecular weight excluding hydrogens is 260 g/mol. The van der Waals surface area contributed by atoms with Gasteiger partial charge in [0, 0.05) is 24.8 Å². The Bertz CT molecular complexity index is 513. The van der Waals surface area contributed by atoms with Gasteiger partial charge < -0.3 is 9.88 Å². The van der Waals surface area contributed by atoms with Crippen LogP contribution in [0.3, 0.4) is 0 Å². The third-order valence-electron chi connectivity index (χ3n) is 4.89. The molecule has 1 aromatic heterocycles. The van der Waals surface area contributed by atoms with E-state index in [1.165, 1.54) is 32.1 Å². The molecule has 0 saturated heterocycles. The number of hydrogen-bond donors (Lipinski definition) is 1. The van der Waals surface area contributed by atoms with E-state index in [-0.39, 0.29) is 5.56 Å². The maximum atomic E-state index is 11.6. The number of rotatable bonds is 3. The summed E-state index contributed by atoms with van der Waals surface area (Å²) < 4.78 is 1.76. The maximum absolute atomic E-state index is 11.6. The molecule has 0 aromatic carbocycles. The van der Waals surface area contributed by atoms with Crippen molar-refractivity contribution in [1.82, 2.24) is 4.57 Å². The van der Waals surface area contributed by atoms with E-state index in [4.69, 9.17) is 0 Å². The monoisotopic (exact) mass is 290 g/mol. The normalized spacial score (nSPS) is 23.6. The molecule has 0 aliphatic heterocycles. The summed E-state index contributed by atoms with van der Waals surface area (Å²) in [5.74, 6) is 0.828. The fourth-order valence-electron chi connectivity index (χ4n) is 3.41. The highest BCUT2D eigenvalue weighted by atomic mass is 16.1. The zero-order chi connectivity index (χ0) is 15.5. The van der Waals surface area contributed by atoms with Crippen molar-refractivity contribution in [2.75, 3.05) is 5.32 Å². The summed E-state index contributed by atoms with van der Waals surface area (Å²) in [4.78, 5) is 11.6. The second-order valence-corrected chi connectivity index (χ2v) is 7.45. The third kappa shape index (κ3) is 4.36. The summed E-state index contributed by atoms with van der Waals surface area (Å²) >= 11 is 0. The molecule has 1 aliphatic rings. The zero-order valence-corrected chi connectivity index (χ0v) is 14.0. The smallest absolute Gasteiger partial charge is 0.250 e. The zero-order valence-electron chi connectivity index (χ0n) is 14.0. The van der Waals surface area contributed by atoms with Gasteiger partial charge in [0.25, 0.3) is 5.56 Å². The fraction of sp³-hybridized carbons (Fsp3) is 0.722. The fourth-order valence-corrected chi connectivity index (χ4v) is 3.41. The Morgan fingerprint density at radius 3 is 2.62 bits per heavy atom. The molecule has 2 rings (SSSR count). The molecule has 21 heavy (non-hydrogen) atoms. The van der Waals surface area contributed by atoms with Gasteiger partial charge in [-0.25, -0.2) is 0 Å². The van der Waals surface area contributed by atoms with Crippen molar-refractivity contribution in [3.05, 3.63) is 28.7 Å². The minimum absolute atomic E-state index is 0.0803. The minimum atomic E-state index is 0.0803. The molecule has 1 N–H and O–H groups in total. The molecule has 1 heterocycles. The van der Waals surface area contributed by atoms with Gasteiger partial charge in [-0.15, -0.1) is 0 Å². The third-order valence-corrected chi connectivity index (χ3v) is 4.89. The lowest BCUT2D eigenvalue weighted by atomic mass is 9.76. The Morgan fingerprint density at radius 1 is 1.19 bits per heavy atom. The van der Waals surface area contributed by atoms with Gasteiger partial charge in [0.1, 0.15) is 0 Å². The average molecular weight is 290 g/mol. The van der Waals surface area contributed by atoms with Gasteiger partial charge in [-0.2, -0.15) is 0 Å². The number of nitrogens with one attached hydrogen (secondary N) is 1. The molecule has 0 bridgehead atoms. The van der Waals surface area contributed by atoms with Gasteiger partial charge in [0.15, 0.2) is 0 Å². The predicted molar refractivity (Wildman–Crippen MR) is 89.8 cm³/mol. The van der Waals surface area contributed by atoms with Crippen LogP contribution in [0.2, 0.25) is 0 Å². The number of aromatic nitrogens is 1. The molecule has 1 aliphatic carbocycles. The number of aryl methyl sites for hydroxylation is 1. The molecular formula is C18H30N2O.